The maximum Gasteiger partial charge on any atom is 0.323 e. The Labute approximate surface area is 103 Å². The zero-order valence-electron chi connectivity index (χ0n) is 10.9. The summed E-state index contributed by atoms with van der Waals surface area (Å²) in [7, 11) is 0.411. The van der Waals surface area contributed by atoms with Gasteiger partial charge in [0.2, 0.25) is 10.0 Å². The van der Waals surface area contributed by atoms with E-state index in [1.165, 1.54) is 0 Å². The summed E-state index contributed by atoms with van der Waals surface area (Å²) in [5.41, 5.74) is 0. The predicted octanol–water partition coefficient (Wildman–Crippen LogP) is -0.191. The molecule has 1 atom stereocenters. The van der Waals surface area contributed by atoms with Crippen molar-refractivity contribution in [3.63, 3.8) is 0 Å². The highest BCUT2D eigenvalue weighted by Gasteiger charge is 2.20. The van der Waals surface area contributed by atoms with E-state index in [0.29, 0.717) is 0 Å². The summed E-state index contributed by atoms with van der Waals surface area (Å²) >= 11 is 0. The van der Waals surface area contributed by atoms with E-state index in [-0.39, 0.29) is 25.2 Å². The second-order valence-electron chi connectivity index (χ2n) is 4.10. The zero-order valence-corrected chi connectivity index (χ0v) is 11.7. The van der Waals surface area contributed by atoms with E-state index in [1.54, 1.807) is 4.90 Å². The fourth-order valence-corrected chi connectivity index (χ4v) is 1.79. The number of nitrogens with one attached hydrogen (secondary N) is 1. The number of rotatable bonds is 8. The van der Waals surface area contributed by atoms with Crippen molar-refractivity contribution in [1.29, 1.82) is 0 Å². The topological polar surface area (TPSA) is 75.7 Å². The summed E-state index contributed by atoms with van der Waals surface area (Å²) in [4.78, 5) is 13.5. The molecule has 0 aromatic carbocycles. The molecule has 0 spiro atoms. The second-order valence-corrected chi connectivity index (χ2v) is 5.94. The van der Waals surface area contributed by atoms with Gasteiger partial charge in [0, 0.05) is 6.54 Å². The highest BCUT2D eigenvalue weighted by atomic mass is 32.2. The first kappa shape index (κ1) is 16.3. The molecule has 0 aromatic heterocycles. The Morgan fingerprint density at radius 1 is 1.41 bits per heavy atom. The summed E-state index contributed by atoms with van der Waals surface area (Å²) in [5.74, 6) is -0.313. The first-order valence-electron chi connectivity index (χ1n) is 5.55. The molecule has 102 valence electrons. The van der Waals surface area contributed by atoms with Gasteiger partial charge in [-0.1, -0.05) is 13.3 Å². The molecule has 0 rings (SSSR count). The van der Waals surface area contributed by atoms with Crippen LogP contribution in [0.4, 0.5) is 0 Å². The molecular weight excluding hydrogens is 244 g/mol. The Morgan fingerprint density at radius 3 is 2.41 bits per heavy atom. The monoisotopic (exact) mass is 266 g/mol. The first-order chi connectivity index (χ1) is 7.78. The number of hydrogen-bond donors (Lipinski definition) is 1. The molecule has 0 saturated carbocycles. The molecule has 0 aliphatic carbocycles. The van der Waals surface area contributed by atoms with E-state index < -0.39 is 10.0 Å². The van der Waals surface area contributed by atoms with Gasteiger partial charge < -0.3 is 4.74 Å². The fraction of sp³-hybridized carbons (Fsp3) is 0.900. The van der Waals surface area contributed by atoms with Crippen LogP contribution in [0, 0.1) is 0 Å². The third kappa shape index (κ3) is 8.12. The van der Waals surface area contributed by atoms with E-state index in [0.717, 1.165) is 19.1 Å². The molecule has 0 aliphatic heterocycles. The third-order valence-corrected chi connectivity index (χ3v) is 2.90. The van der Waals surface area contributed by atoms with E-state index in [2.05, 4.69) is 4.72 Å². The van der Waals surface area contributed by atoms with Gasteiger partial charge in [-0.15, -0.1) is 0 Å². The van der Waals surface area contributed by atoms with Crippen LogP contribution in [0.15, 0.2) is 0 Å². The van der Waals surface area contributed by atoms with Gasteiger partial charge in [0.1, 0.15) is 12.6 Å². The standard InChI is InChI=1S/C10H22N2O4S/c1-5-6-9(12(2)3)10(13)16-8-7-11-17(4,14)15/h9,11H,5-8H2,1-4H3/t9-/m1/s1. The molecule has 7 heteroatoms. The number of sulfonamides is 1. The zero-order chi connectivity index (χ0) is 13.5. The van der Waals surface area contributed by atoms with Crippen molar-refractivity contribution in [3.8, 4) is 0 Å². The molecule has 0 radical (unpaired) electrons. The number of carbonyl (C=O) groups excluding carboxylic acids is 1. The van der Waals surface area contributed by atoms with Crippen LogP contribution in [0.5, 0.6) is 0 Å². The molecule has 0 aliphatic rings. The van der Waals surface area contributed by atoms with Crippen LogP contribution >= 0.6 is 0 Å². The molecule has 1 N–H and O–H groups in total. The normalized spacial score (nSPS) is 13.7. The van der Waals surface area contributed by atoms with Crippen LogP contribution in [0.2, 0.25) is 0 Å². The van der Waals surface area contributed by atoms with Crippen LogP contribution in [-0.4, -0.2) is 58.8 Å². The lowest BCUT2D eigenvalue weighted by atomic mass is 10.1. The highest BCUT2D eigenvalue weighted by molar-refractivity contribution is 7.88. The largest absolute Gasteiger partial charge is 0.463 e. The van der Waals surface area contributed by atoms with Crippen molar-refractivity contribution in [2.45, 2.75) is 25.8 Å². The lowest BCUT2D eigenvalue weighted by Gasteiger charge is -2.21. The Hall–Kier alpha value is -0.660. The number of likely N-dealkylation sites (N-methyl/N-ethyl adjacent to an activating group) is 1. The Morgan fingerprint density at radius 2 is 2.00 bits per heavy atom. The third-order valence-electron chi connectivity index (χ3n) is 2.17. The van der Waals surface area contributed by atoms with E-state index >= 15 is 0 Å². The Balaban J connectivity index is 3.99. The minimum absolute atomic E-state index is 0.0555. The molecule has 17 heavy (non-hydrogen) atoms. The molecule has 0 unspecified atom stereocenters. The van der Waals surface area contributed by atoms with Gasteiger partial charge in [-0.25, -0.2) is 13.1 Å². The van der Waals surface area contributed by atoms with Gasteiger partial charge in [-0.05, 0) is 20.5 Å². The van der Waals surface area contributed by atoms with Crippen molar-refractivity contribution in [1.82, 2.24) is 9.62 Å². The number of hydrogen-bond acceptors (Lipinski definition) is 5. The maximum atomic E-state index is 11.7. The predicted molar refractivity (Wildman–Crippen MR) is 66.2 cm³/mol. The van der Waals surface area contributed by atoms with Crippen molar-refractivity contribution in [2.75, 3.05) is 33.5 Å². The molecule has 0 amide bonds. The molecule has 0 saturated heterocycles. The van der Waals surface area contributed by atoms with Crippen LogP contribution < -0.4 is 4.72 Å². The Bertz CT molecular complexity index is 327. The van der Waals surface area contributed by atoms with Gasteiger partial charge >= 0.3 is 5.97 Å². The van der Waals surface area contributed by atoms with Gasteiger partial charge in [0.15, 0.2) is 0 Å². The molecule has 0 aromatic rings. The van der Waals surface area contributed by atoms with Crippen LogP contribution in [0.1, 0.15) is 19.8 Å². The second kappa shape index (κ2) is 7.62. The van der Waals surface area contributed by atoms with E-state index in [1.807, 2.05) is 21.0 Å². The highest BCUT2D eigenvalue weighted by Crippen LogP contribution is 2.05. The van der Waals surface area contributed by atoms with Gasteiger partial charge in [0.25, 0.3) is 0 Å². The van der Waals surface area contributed by atoms with E-state index in [9.17, 15) is 13.2 Å². The summed E-state index contributed by atoms with van der Waals surface area (Å²) in [6.45, 7) is 2.16. The number of nitrogens with zero attached hydrogens (tertiary/aromatic N) is 1. The summed E-state index contributed by atoms with van der Waals surface area (Å²) in [6.07, 6.45) is 2.68. The molecular formula is C10H22N2O4S. The quantitative estimate of drug-likeness (QED) is 0.487. The van der Waals surface area contributed by atoms with E-state index in [4.69, 9.17) is 4.74 Å². The molecule has 0 heterocycles. The van der Waals surface area contributed by atoms with Crippen molar-refractivity contribution in [3.05, 3.63) is 0 Å². The van der Waals surface area contributed by atoms with Gasteiger partial charge in [0.05, 0.1) is 6.26 Å². The Kier molecular flexibility index (Phi) is 7.33. The van der Waals surface area contributed by atoms with Crippen molar-refractivity contribution >= 4 is 16.0 Å². The lowest BCUT2D eigenvalue weighted by Crippen LogP contribution is -2.38. The van der Waals surface area contributed by atoms with Gasteiger partial charge in [-0.3, -0.25) is 9.69 Å². The minimum Gasteiger partial charge on any atom is -0.463 e. The molecule has 0 bridgehead atoms. The smallest absolute Gasteiger partial charge is 0.323 e. The number of ether oxygens (including phenoxy) is 1. The van der Waals surface area contributed by atoms with Crippen molar-refractivity contribution in [2.24, 2.45) is 0 Å². The number of esters is 1. The molecule has 6 nitrogen and oxygen atoms in total. The van der Waals surface area contributed by atoms with Crippen LogP contribution in [0.25, 0.3) is 0 Å². The van der Waals surface area contributed by atoms with Gasteiger partial charge in [-0.2, -0.15) is 0 Å². The average molecular weight is 266 g/mol. The molecule has 0 fully saturated rings. The number of carbonyl (C=O) groups is 1. The van der Waals surface area contributed by atoms with Crippen molar-refractivity contribution < 1.29 is 17.9 Å². The minimum atomic E-state index is -3.22. The van der Waals surface area contributed by atoms with Crippen LogP contribution in [0.3, 0.4) is 0 Å². The maximum absolute atomic E-state index is 11.7. The fourth-order valence-electron chi connectivity index (χ4n) is 1.34. The SMILES string of the molecule is CCC[C@H](C(=O)OCCNS(C)(=O)=O)N(C)C. The average Bonchev–Trinajstić information content (AvgIpc) is 2.18. The summed E-state index contributed by atoms with van der Waals surface area (Å²) < 4.78 is 28.8. The first-order valence-corrected chi connectivity index (χ1v) is 7.44. The van der Waals surface area contributed by atoms with Crippen LogP contribution in [-0.2, 0) is 19.6 Å². The summed E-state index contributed by atoms with van der Waals surface area (Å²) in [5, 5.41) is 0. The lowest BCUT2D eigenvalue weighted by molar-refractivity contribution is -0.149. The summed E-state index contributed by atoms with van der Waals surface area (Å²) in [6, 6.07) is -0.266.